The Labute approximate surface area is 144 Å². The maximum absolute atomic E-state index is 12.9. The lowest BCUT2D eigenvalue weighted by Gasteiger charge is -2.36. The lowest BCUT2D eigenvalue weighted by Crippen LogP contribution is -2.54. The third-order valence-electron chi connectivity index (χ3n) is 4.40. The van der Waals surface area contributed by atoms with Crippen molar-refractivity contribution in [1.29, 1.82) is 0 Å². The molecule has 0 aliphatic carbocycles. The van der Waals surface area contributed by atoms with Gasteiger partial charge in [0.1, 0.15) is 11.3 Å². The molecule has 0 radical (unpaired) electrons. The van der Waals surface area contributed by atoms with Gasteiger partial charge in [0, 0.05) is 18.9 Å². The van der Waals surface area contributed by atoms with Crippen molar-refractivity contribution in [2.45, 2.75) is 31.5 Å². The fraction of sp³-hybridized carbons (Fsp3) is 0.412. The molecule has 0 atom stereocenters. The van der Waals surface area contributed by atoms with E-state index in [4.69, 9.17) is 0 Å². The molecule has 1 aliphatic heterocycles. The maximum atomic E-state index is 12.9. The van der Waals surface area contributed by atoms with Crippen molar-refractivity contribution in [2.75, 3.05) is 13.1 Å². The first kappa shape index (κ1) is 17.3. The molecular formula is C17H20F2N4O2. The van der Waals surface area contributed by atoms with Gasteiger partial charge in [0.15, 0.2) is 0 Å². The van der Waals surface area contributed by atoms with Gasteiger partial charge in [-0.3, -0.25) is 9.48 Å². The number of nitrogens with one attached hydrogen (secondary N) is 2. The molecule has 1 aromatic heterocycles. The molecule has 0 unspecified atom stereocenters. The number of aromatic nitrogens is 2. The summed E-state index contributed by atoms with van der Waals surface area (Å²) in [4.78, 5) is 12.9. The van der Waals surface area contributed by atoms with Crippen LogP contribution in [0, 0.1) is 0 Å². The average molecular weight is 350 g/mol. The summed E-state index contributed by atoms with van der Waals surface area (Å²) in [5.41, 5.74) is 0.104. The highest BCUT2D eigenvalue weighted by Gasteiger charge is 2.41. The van der Waals surface area contributed by atoms with Crippen molar-refractivity contribution in [3.63, 3.8) is 0 Å². The molecule has 0 bridgehead atoms. The van der Waals surface area contributed by atoms with Crippen LogP contribution in [0.4, 0.5) is 8.78 Å². The maximum Gasteiger partial charge on any atom is 0.387 e. The predicted molar refractivity (Wildman–Crippen MR) is 87.2 cm³/mol. The minimum Gasteiger partial charge on any atom is -0.435 e. The summed E-state index contributed by atoms with van der Waals surface area (Å²) in [7, 11) is 0. The highest BCUT2D eigenvalue weighted by atomic mass is 19.3. The van der Waals surface area contributed by atoms with Crippen molar-refractivity contribution >= 4 is 5.91 Å². The van der Waals surface area contributed by atoms with Gasteiger partial charge in [-0.15, -0.1) is 0 Å². The van der Waals surface area contributed by atoms with Crippen molar-refractivity contribution in [1.82, 2.24) is 20.4 Å². The number of nitrogens with zero attached hydrogens (tertiary/aromatic N) is 2. The van der Waals surface area contributed by atoms with Gasteiger partial charge in [-0.25, -0.2) is 0 Å². The van der Waals surface area contributed by atoms with Gasteiger partial charge in [-0.2, -0.15) is 13.9 Å². The van der Waals surface area contributed by atoms with E-state index in [2.05, 4.69) is 20.5 Å². The molecule has 6 nitrogen and oxygen atoms in total. The summed E-state index contributed by atoms with van der Waals surface area (Å²) in [5, 5.41) is 10.5. The number of halogens is 2. The van der Waals surface area contributed by atoms with E-state index in [1.54, 1.807) is 35.3 Å². The summed E-state index contributed by atoms with van der Waals surface area (Å²) in [6.45, 7) is -1.05. The van der Waals surface area contributed by atoms with Crippen LogP contribution < -0.4 is 15.4 Å². The van der Waals surface area contributed by atoms with Crippen LogP contribution in [-0.4, -0.2) is 35.4 Å². The Hall–Kier alpha value is -2.48. The van der Waals surface area contributed by atoms with E-state index in [0.717, 1.165) is 18.7 Å². The topological polar surface area (TPSA) is 68.2 Å². The highest BCUT2D eigenvalue weighted by molar-refractivity contribution is 5.84. The van der Waals surface area contributed by atoms with E-state index in [1.807, 2.05) is 0 Å². The lowest BCUT2D eigenvalue weighted by atomic mass is 9.87. The van der Waals surface area contributed by atoms with Crippen LogP contribution in [0.5, 0.6) is 5.75 Å². The van der Waals surface area contributed by atoms with Crippen LogP contribution in [0.25, 0.3) is 0 Å². The standard InChI is InChI=1S/C17H20F2N4O2/c18-16(19)25-14-4-2-13(3-5-14)12-21-15(24)17(6-9-20-10-7-17)23-11-1-8-22-23/h1-5,8,11,16,20H,6-7,9-10,12H2,(H,21,24). The Balaban J connectivity index is 1.66. The number of alkyl halides is 2. The fourth-order valence-electron chi connectivity index (χ4n) is 3.06. The molecule has 1 saturated heterocycles. The number of rotatable bonds is 6. The van der Waals surface area contributed by atoms with Crippen LogP contribution in [0.1, 0.15) is 18.4 Å². The van der Waals surface area contributed by atoms with Crippen LogP contribution in [-0.2, 0) is 16.9 Å². The molecule has 1 aliphatic rings. The van der Waals surface area contributed by atoms with E-state index < -0.39 is 12.2 Å². The number of carbonyl (C=O) groups is 1. The first-order valence-corrected chi connectivity index (χ1v) is 8.13. The van der Waals surface area contributed by atoms with E-state index in [-0.39, 0.29) is 11.7 Å². The zero-order valence-electron chi connectivity index (χ0n) is 13.6. The molecule has 2 N–H and O–H groups in total. The van der Waals surface area contributed by atoms with Crippen molar-refractivity contribution in [2.24, 2.45) is 0 Å². The van der Waals surface area contributed by atoms with E-state index in [9.17, 15) is 13.6 Å². The number of ether oxygens (including phenoxy) is 1. The van der Waals surface area contributed by atoms with Gasteiger partial charge in [0.05, 0.1) is 0 Å². The Morgan fingerprint density at radius 1 is 1.32 bits per heavy atom. The largest absolute Gasteiger partial charge is 0.435 e. The lowest BCUT2D eigenvalue weighted by molar-refractivity contribution is -0.132. The number of hydrogen-bond acceptors (Lipinski definition) is 4. The average Bonchev–Trinajstić information content (AvgIpc) is 3.16. The SMILES string of the molecule is O=C(NCc1ccc(OC(F)F)cc1)C1(n2cccn2)CCNCC1. The van der Waals surface area contributed by atoms with Gasteiger partial charge in [0.2, 0.25) is 5.91 Å². The van der Waals surface area contributed by atoms with E-state index in [0.29, 0.717) is 19.4 Å². The zero-order chi connectivity index (χ0) is 17.7. The molecule has 2 heterocycles. The molecule has 2 aromatic rings. The third-order valence-corrected chi connectivity index (χ3v) is 4.40. The molecule has 1 fully saturated rings. The number of piperidine rings is 1. The Bertz CT molecular complexity index is 683. The normalized spacial score (nSPS) is 16.6. The van der Waals surface area contributed by atoms with Gasteiger partial charge in [0.25, 0.3) is 0 Å². The number of carbonyl (C=O) groups excluding carboxylic acids is 1. The van der Waals surface area contributed by atoms with Crippen molar-refractivity contribution < 1.29 is 18.3 Å². The molecule has 8 heteroatoms. The summed E-state index contributed by atoms with van der Waals surface area (Å²) in [5.74, 6) is 0.00190. The van der Waals surface area contributed by atoms with Crippen LogP contribution in [0.3, 0.4) is 0 Å². The van der Waals surface area contributed by atoms with E-state index in [1.165, 1.54) is 12.1 Å². The smallest absolute Gasteiger partial charge is 0.387 e. The Morgan fingerprint density at radius 2 is 2.04 bits per heavy atom. The van der Waals surface area contributed by atoms with Gasteiger partial charge in [-0.05, 0) is 49.7 Å². The van der Waals surface area contributed by atoms with Crippen LogP contribution >= 0.6 is 0 Å². The van der Waals surface area contributed by atoms with Crippen molar-refractivity contribution in [3.05, 3.63) is 48.3 Å². The third kappa shape index (κ3) is 3.96. The first-order chi connectivity index (χ1) is 12.1. The number of benzene rings is 1. The summed E-state index contributed by atoms with van der Waals surface area (Å²) < 4.78 is 30.4. The quantitative estimate of drug-likeness (QED) is 0.835. The minimum absolute atomic E-state index is 0.0920. The Kier molecular flexibility index (Phi) is 5.28. The Morgan fingerprint density at radius 3 is 2.64 bits per heavy atom. The zero-order valence-corrected chi connectivity index (χ0v) is 13.6. The van der Waals surface area contributed by atoms with Gasteiger partial charge < -0.3 is 15.4 Å². The summed E-state index contributed by atoms with van der Waals surface area (Å²) >= 11 is 0. The molecule has 1 amide bonds. The summed E-state index contributed by atoms with van der Waals surface area (Å²) in [6, 6.07) is 8.03. The molecule has 0 spiro atoms. The fourth-order valence-corrected chi connectivity index (χ4v) is 3.06. The number of hydrogen-bond donors (Lipinski definition) is 2. The summed E-state index contributed by atoms with van der Waals surface area (Å²) in [6.07, 6.45) is 4.78. The highest BCUT2D eigenvalue weighted by Crippen LogP contribution is 2.27. The second-order valence-electron chi connectivity index (χ2n) is 5.94. The first-order valence-electron chi connectivity index (χ1n) is 8.13. The second-order valence-corrected chi connectivity index (χ2v) is 5.94. The van der Waals surface area contributed by atoms with Crippen LogP contribution in [0.15, 0.2) is 42.7 Å². The predicted octanol–water partition coefficient (Wildman–Crippen LogP) is 1.88. The van der Waals surface area contributed by atoms with Gasteiger partial charge >= 0.3 is 6.61 Å². The molecule has 25 heavy (non-hydrogen) atoms. The monoisotopic (exact) mass is 350 g/mol. The second kappa shape index (κ2) is 7.60. The van der Waals surface area contributed by atoms with E-state index >= 15 is 0 Å². The number of amides is 1. The molecule has 1 aromatic carbocycles. The minimum atomic E-state index is -2.85. The molecule has 0 saturated carbocycles. The van der Waals surface area contributed by atoms with Crippen molar-refractivity contribution in [3.8, 4) is 5.75 Å². The van der Waals surface area contributed by atoms with Crippen LogP contribution in [0.2, 0.25) is 0 Å². The molecule has 3 rings (SSSR count). The molecular weight excluding hydrogens is 330 g/mol. The molecule has 134 valence electrons. The van der Waals surface area contributed by atoms with Gasteiger partial charge in [-0.1, -0.05) is 12.1 Å².